The van der Waals surface area contributed by atoms with Gasteiger partial charge in [-0.1, -0.05) is 45.0 Å². The zero-order valence-electron chi connectivity index (χ0n) is 16.3. The number of nitrogens with zero attached hydrogens (tertiary/aromatic N) is 1. The lowest BCUT2D eigenvalue weighted by Gasteiger charge is -2.22. The van der Waals surface area contributed by atoms with Crippen LogP contribution in [0.2, 0.25) is 0 Å². The van der Waals surface area contributed by atoms with E-state index < -0.39 is 0 Å². The molecule has 0 heterocycles. The van der Waals surface area contributed by atoms with Gasteiger partial charge >= 0.3 is 0 Å². The highest BCUT2D eigenvalue weighted by Gasteiger charge is 2.18. The van der Waals surface area contributed by atoms with Crippen molar-refractivity contribution in [2.45, 2.75) is 38.6 Å². The van der Waals surface area contributed by atoms with E-state index in [1.807, 2.05) is 38.4 Å². The van der Waals surface area contributed by atoms with Crippen LogP contribution in [-0.2, 0) is 5.41 Å². The molecule has 0 aliphatic carbocycles. The molecule has 0 spiro atoms. The molecule has 4 heteroatoms. The molecule has 0 saturated carbocycles. The Balaban J connectivity index is 2.15. The van der Waals surface area contributed by atoms with Gasteiger partial charge in [0.05, 0.1) is 6.04 Å². The van der Waals surface area contributed by atoms with Gasteiger partial charge in [0.2, 0.25) is 0 Å². The number of carbonyl (C=O) groups excluding carboxylic acids is 1. The molecule has 1 amide bonds. The monoisotopic (exact) mass is 356 g/mol. The summed E-state index contributed by atoms with van der Waals surface area (Å²) in [6.07, 6.45) is 0.754. The second-order valence-electron chi connectivity index (χ2n) is 8.00. The van der Waals surface area contributed by atoms with Crippen molar-refractivity contribution in [3.05, 3.63) is 71.0 Å². The molecule has 0 aliphatic heterocycles. The molecule has 1 unspecified atom stereocenters. The molecule has 1 N–H and O–H groups in total. The van der Waals surface area contributed by atoms with Crippen molar-refractivity contribution < 1.29 is 9.18 Å². The van der Waals surface area contributed by atoms with Crippen LogP contribution in [0.1, 0.15) is 54.7 Å². The summed E-state index contributed by atoms with van der Waals surface area (Å²) in [5, 5.41) is 3.09. The van der Waals surface area contributed by atoms with E-state index in [0.29, 0.717) is 5.56 Å². The first-order valence-corrected chi connectivity index (χ1v) is 8.98. The lowest BCUT2D eigenvalue weighted by Crippen LogP contribution is -2.31. The Morgan fingerprint density at radius 3 is 2.12 bits per heavy atom. The zero-order chi connectivity index (χ0) is 19.3. The third-order valence-electron chi connectivity index (χ3n) is 4.46. The second kappa shape index (κ2) is 8.45. The van der Waals surface area contributed by atoms with Crippen LogP contribution in [0.15, 0.2) is 48.5 Å². The van der Waals surface area contributed by atoms with Crippen molar-refractivity contribution in [1.82, 2.24) is 10.2 Å². The van der Waals surface area contributed by atoms with E-state index in [2.05, 4.69) is 31.0 Å². The highest BCUT2D eigenvalue weighted by molar-refractivity contribution is 5.94. The number of hydrogen-bond donors (Lipinski definition) is 1. The molecule has 0 bridgehead atoms. The van der Waals surface area contributed by atoms with Crippen LogP contribution in [0.3, 0.4) is 0 Å². The second-order valence-corrected chi connectivity index (χ2v) is 8.00. The molecule has 26 heavy (non-hydrogen) atoms. The predicted octanol–water partition coefficient (Wildman–Crippen LogP) is 4.55. The topological polar surface area (TPSA) is 32.3 Å². The van der Waals surface area contributed by atoms with E-state index >= 15 is 0 Å². The highest BCUT2D eigenvalue weighted by atomic mass is 19.1. The molecule has 1 atom stereocenters. The number of nitrogens with one attached hydrogen (secondary N) is 1. The van der Waals surface area contributed by atoms with Gasteiger partial charge in [-0.15, -0.1) is 0 Å². The van der Waals surface area contributed by atoms with E-state index in [4.69, 9.17) is 0 Å². The van der Waals surface area contributed by atoms with Crippen molar-refractivity contribution in [3.63, 3.8) is 0 Å². The van der Waals surface area contributed by atoms with Crippen molar-refractivity contribution >= 4 is 5.91 Å². The minimum absolute atomic E-state index is 0.0529. The van der Waals surface area contributed by atoms with Gasteiger partial charge in [0, 0.05) is 5.56 Å². The fourth-order valence-corrected chi connectivity index (χ4v) is 2.77. The van der Waals surface area contributed by atoms with Crippen LogP contribution in [0, 0.1) is 5.82 Å². The van der Waals surface area contributed by atoms with E-state index in [1.54, 1.807) is 12.1 Å². The van der Waals surface area contributed by atoms with Crippen molar-refractivity contribution in [1.29, 1.82) is 0 Å². The number of amides is 1. The summed E-state index contributed by atoms with van der Waals surface area (Å²) in [6, 6.07) is 13.9. The van der Waals surface area contributed by atoms with E-state index in [9.17, 15) is 9.18 Å². The lowest BCUT2D eigenvalue weighted by atomic mass is 9.86. The van der Waals surface area contributed by atoms with Gasteiger partial charge in [0.1, 0.15) is 5.82 Å². The summed E-state index contributed by atoms with van der Waals surface area (Å²) in [6.45, 7) is 7.26. The third-order valence-corrected chi connectivity index (χ3v) is 4.46. The molecular weight excluding hydrogens is 327 g/mol. The minimum atomic E-state index is -0.274. The fourth-order valence-electron chi connectivity index (χ4n) is 2.77. The van der Waals surface area contributed by atoms with E-state index in [0.717, 1.165) is 18.5 Å². The standard InChI is InChI=1S/C22H29FN2O/c1-22(2,3)18-10-6-17(7-11-18)21(26)24-20(14-15-25(4)5)16-8-12-19(23)13-9-16/h6-13,20H,14-15H2,1-5H3,(H,24,26). The molecule has 2 aromatic rings. The molecule has 0 fully saturated rings. The summed E-state index contributed by atoms with van der Waals surface area (Å²) < 4.78 is 13.2. The predicted molar refractivity (Wildman–Crippen MR) is 105 cm³/mol. The number of carbonyl (C=O) groups is 1. The maximum Gasteiger partial charge on any atom is 0.251 e. The van der Waals surface area contributed by atoms with Crippen LogP contribution >= 0.6 is 0 Å². The molecule has 2 aromatic carbocycles. The Kier molecular flexibility index (Phi) is 6.54. The quantitative estimate of drug-likeness (QED) is 0.824. The largest absolute Gasteiger partial charge is 0.345 e. The fraction of sp³-hybridized carbons (Fsp3) is 0.409. The van der Waals surface area contributed by atoms with Crippen LogP contribution in [0.5, 0.6) is 0 Å². The molecule has 140 valence electrons. The van der Waals surface area contributed by atoms with Gasteiger partial charge in [-0.25, -0.2) is 4.39 Å². The van der Waals surface area contributed by atoms with Crippen molar-refractivity contribution in [2.75, 3.05) is 20.6 Å². The first-order valence-electron chi connectivity index (χ1n) is 8.98. The minimum Gasteiger partial charge on any atom is -0.345 e. The maximum absolute atomic E-state index is 13.2. The SMILES string of the molecule is CN(C)CCC(NC(=O)c1ccc(C(C)(C)C)cc1)c1ccc(F)cc1. The molecule has 2 rings (SSSR count). The summed E-state index contributed by atoms with van der Waals surface area (Å²) in [7, 11) is 3.99. The summed E-state index contributed by atoms with van der Waals surface area (Å²) in [5.74, 6) is -0.386. The molecule has 0 aromatic heterocycles. The van der Waals surface area contributed by atoms with Gasteiger partial charge in [-0.2, -0.15) is 0 Å². The van der Waals surface area contributed by atoms with Gasteiger partial charge < -0.3 is 10.2 Å². The van der Waals surface area contributed by atoms with Crippen LogP contribution in [0.4, 0.5) is 4.39 Å². The molecule has 3 nitrogen and oxygen atoms in total. The van der Waals surface area contributed by atoms with Crippen molar-refractivity contribution in [2.24, 2.45) is 0 Å². The van der Waals surface area contributed by atoms with Gasteiger partial charge in [0.25, 0.3) is 5.91 Å². The Morgan fingerprint density at radius 1 is 1.04 bits per heavy atom. The number of benzene rings is 2. The summed E-state index contributed by atoms with van der Waals surface area (Å²) >= 11 is 0. The average molecular weight is 356 g/mol. The molecule has 0 aliphatic rings. The number of halogens is 1. The summed E-state index contributed by atoms with van der Waals surface area (Å²) in [4.78, 5) is 14.8. The first kappa shape index (κ1) is 20.1. The first-order chi connectivity index (χ1) is 12.2. The number of hydrogen-bond acceptors (Lipinski definition) is 2. The Bertz CT molecular complexity index is 715. The Labute approximate surface area is 156 Å². The van der Waals surface area contributed by atoms with Gasteiger partial charge in [0.15, 0.2) is 0 Å². The van der Waals surface area contributed by atoms with Gasteiger partial charge in [-0.05, 0) is 67.9 Å². The highest BCUT2D eigenvalue weighted by Crippen LogP contribution is 2.23. The average Bonchev–Trinajstić information content (AvgIpc) is 2.58. The van der Waals surface area contributed by atoms with Crippen molar-refractivity contribution in [3.8, 4) is 0 Å². The van der Waals surface area contributed by atoms with E-state index in [-0.39, 0.29) is 23.2 Å². The van der Waals surface area contributed by atoms with Crippen LogP contribution < -0.4 is 5.32 Å². The Hall–Kier alpha value is -2.20. The van der Waals surface area contributed by atoms with Gasteiger partial charge in [-0.3, -0.25) is 4.79 Å². The lowest BCUT2D eigenvalue weighted by molar-refractivity contribution is 0.0932. The maximum atomic E-state index is 13.2. The number of rotatable bonds is 6. The Morgan fingerprint density at radius 2 is 1.62 bits per heavy atom. The van der Waals surface area contributed by atoms with Crippen LogP contribution in [0.25, 0.3) is 0 Å². The van der Waals surface area contributed by atoms with E-state index in [1.165, 1.54) is 17.7 Å². The zero-order valence-corrected chi connectivity index (χ0v) is 16.3. The molecule has 0 saturated heterocycles. The third kappa shape index (κ3) is 5.67. The molecular formula is C22H29FN2O. The van der Waals surface area contributed by atoms with Crippen LogP contribution in [-0.4, -0.2) is 31.4 Å². The smallest absolute Gasteiger partial charge is 0.251 e. The summed E-state index contributed by atoms with van der Waals surface area (Å²) in [5.41, 5.74) is 2.79. The molecule has 0 radical (unpaired) electrons. The normalized spacial score (nSPS) is 12.9.